The van der Waals surface area contributed by atoms with Crippen LogP contribution >= 0.6 is 23.2 Å². The minimum atomic E-state index is 0.598. The molecule has 0 fully saturated rings. The molecule has 1 rings (SSSR count). The molecule has 0 radical (unpaired) electrons. The Morgan fingerprint density at radius 2 is 1.73 bits per heavy atom. The molecule has 1 aromatic rings. The summed E-state index contributed by atoms with van der Waals surface area (Å²) in [6, 6.07) is 3.38. The summed E-state index contributed by atoms with van der Waals surface area (Å²) in [5.41, 5.74) is 1.48. The van der Waals surface area contributed by atoms with Crippen molar-refractivity contribution in [2.75, 3.05) is 0 Å². The van der Waals surface area contributed by atoms with Crippen molar-refractivity contribution in [3.8, 4) is 0 Å². The molecule has 0 spiro atoms. The molecule has 0 aliphatic carbocycles. The van der Waals surface area contributed by atoms with Crippen LogP contribution in [0.5, 0.6) is 0 Å². The summed E-state index contributed by atoms with van der Waals surface area (Å²) < 4.78 is 3.55. The van der Waals surface area contributed by atoms with E-state index in [0.29, 0.717) is 15.7 Å². The molecular weight excluding hydrogens is 201 g/mol. The van der Waals surface area contributed by atoms with Crippen molar-refractivity contribution in [3.63, 3.8) is 0 Å². The quantitative estimate of drug-likeness (QED) is 0.682. The van der Waals surface area contributed by atoms with Crippen molar-refractivity contribution in [3.05, 3.63) is 27.7 Å². The molecule has 0 aromatic heterocycles. The minimum absolute atomic E-state index is 0.598. The molecule has 11 heavy (non-hydrogen) atoms. The largest absolute Gasteiger partial charge is 0.182 e. The minimum Gasteiger partial charge on any atom is -0.182 e. The average molecular weight is 206 g/mol. The highest BCUT2D eigenvalue weighted by atomic mass is 35.5. The first-order valence-electron chi connectivity index (χ1n) is 2.94. The fraction of sp³-hybridized carbons (Fsp3) is 0.143. The van der Waals surface area contributed by atoms with Crippen LogP contribution in [0.3, 0.4) is 0 Å². The van der Waals surface area contributed by atoms with Gasteiger partial charge in [0.25, 0.3) is 0 Å². The highest BCUT2D eigenvalue weighted by Gasteiger charge is 2.02. The van der Waals surface area contributed by atoms with Gasteiger partial charge in [-0.25, -0.2) is 0 Å². The van der Waals surface area contributed by atoms with E-state index in [1.807, 2.05) is 6.92 Å². The van der Waals surface area contributed by atoms with Crippen LogP contribution in [-0.4, -0.2) is 0 Å². The van der Waals surface area contributed by atoms with Gasteiger partial charge in [-0.2, -0.15) is 4.36 Å². The van der Waals surface area contributed by atoms with Crippen molar-refractivity contribution < 1.29 is 0 Å². The van der Waals surface area contributed by atoms with Gasteiger partial charge in [0, 0.05) is 22.5 Å². The van der Waals surface area contributed by atoms with Crippen molar-refractivity contribution in [2.45, 2.75) is 6.92 Å². The Morgan fingerprint density at radius 3 is 2.09 bits per heavy atom. The fourth-order valence-electron chi connectivity index (χ4n) is 0.685. The van der Waals surface area contributed by atoms with Gasteiger partial charge >= 0.3 is 0 Å². The van der Waals surface area contributed by atoms with E-state index in [1.165, 1.54) is 0 Å². The summed E-state index contributed by atoms with van der Waals surface area (Å²) in [6.07, 6.45) is 0. The second-order valence-electron chi connectivity index (χ2n) is 2.13. The summed E-state index contributed by atoms with van der Waals surface area (Å²) in [5.74, 6) is 0. The molecule has 58 valence electrons. The summed E-state index contributed by atoms with van der Waals surface area (Å²) in [6.45, 7) is 1.85. The molecule has 0 saturated heterocycles. The van der Waals surface area contributed by atoms with Gasteiger partial charge in [-0.05, 0) is 24.6 Å². The maximum absolute atomic E-state index is 5.81. The highest BCUT2D eigenvalue weighted by molar-refractivity contribution is 7.47. The predicted molar refractivity (Wildman–Crippen MR) is 50.7 cm³/mol. The number of hydrogen-bond acceptors (Lipinski definition) is 2. The zero-order valence-corrected chi connectivity index (χ0v) is 8.09. The second-order valence-corrected chi connectivity index (χ2v) is 3.12. The van der Waals surface area contributed by atoms with Gasteiger partial charge in [-0.1, -0.05) is 23.2 Å². The Morgan fingerprint density at radius 1 is 1.27 bits per heavy atom. The lowest BCUT2D eigenvalue weighted by Crippen LogP contribution is -1.76. The van der Waals surface area contributed by atoms with E-state index in [0.717, 1.165) is 5.56 Å². The zero-order valence-electron chi connectivity index (χ0n) is 5.77. The van der Waals surface area contributed by atoms with Gasteiger partial charge in [0.15, 0.2) is 0 Å². The van der Waals surface area contributed by atoms with Crippen LogP contribution in [0.15, 0.2) is 16.5 Å². The topological polar surface area (TPSA) is 12.4 Å². The predicted octanol–water partition coefficient (Wildman–Crippen LogP) is 3.66. The smallest absolute Gasteiger partial charge is 0.0799 e. The zero-order chi connectivity index (χ0) is 8.43. The molecule has 0 heterocycles. The van der Waals surface area contributed by atoms with Crippen molar-refractivity contribution in [1.29, 1.82) is 0 Å². The fourth-order valence-corrected chi connectivity index (χ4v) is 1.27. The van der Waals surface area contributed by atoms with Crippen LogP contribution < -0.4 is 0 Å². The van der Waals surface area contributed by atoms with Crippen molar-refractivity contribution >= 4 is 41.3 Å². The van der Waals surface area contributed by atoms with E-state index in [-0.39, 0.29) is 0 Å². The Balaban J connectivity index is 3.31. The molecule has 0 aliphatic heterocycles. The van der Waals surface area contributed by atoms with E-state index >= 15 is 0 Å². The van der Waals surface area contributed by atoms with Gasteiger partial charge in [0.2, 0.25) is 0 Å². The Kier molecular flexibility index (Phi) is 2.82. The number of nitrogens with zero attached hydrogens (tertiary/aromatic N) is 1. The van der Waals surface area contributed by atoms with E-state index in [4.69, 9.17) is 23.2 Å². The molecule has 0 saturated carbocycles. The van der Waals surface area contributed by atoms with Crippen LogP contribution in [0.25, 0.3) is 0 Å². The first-order valence-corrected chi connectivity index (χ1v) is 4.06. The molecule has 0 N–H and O–H groups in total. The van der Waals surface area contributed by atoms with Gasteiger partial charge in [0.05, 0.1) is 5.69 Å². The Labute approximate surface area is 80.5 Å². The number of rotatable bonds is 1. The standard InChI is InChI=1S/C7H5Cl2NS/c1-4-6(8)2-5(10-11)3-7(4)9/h2-3H,1H3. The second kappa shape index (κ2) is 3.48. The molecule has 1 nitrogen and oxygen atoms in total. The molecule has 0 aliphatic rings. The highest BCUT2D eigenvalue weighted by Crippen LogP contribution is 2.29. The Hall–Kier alpha value is -0.180. The Bertz CT molecular complexity index is 275. The molecule has 0 amide bonds. The lowest BCUT2D eigenvalue weighted by Gasteiger charge is -2.00. The van der Waals surface area contributed by atoms with Crippen LogP contribution in [0.2, 0.25) is 10.0 Å². The van der Waals surface area contributed by atoms with Crippen LogP contribution in [0, 0.1) is 6.92 Å². The molecular formula is C7H5Cl2NS. The number of halogens is 2. The van der Waals surface area contributed by atoms with Crippen molar-refractivity contribution in [1.82, 2.24) is 0 Å². The van der Waals surface area contributed by atoms with Gasteiger partial charge in [0.1, 0.15) is 0 Å². The lowest BCUT2D eigenvalue weighted by atomic mass is 10.2. The molecule has 0 unspecified atom stereocenters. The maximum Gasteiger partial charge on any atom is 0.0799 e. The number of benzene rings is 1. The molecule has 1 aromatic carbocycles. The van der Waals surface area contributed by atoms with Crippen LogP contribution in [0.1, 0.15) is 5.56 Å². The molecule has 0 atom stereocenters. The van der Waals surface area contributed by atoms with Crippen LogP contribution in [0.4, 0.5) is 5.69 Å². The number of hydrogen-bond donors (Lipinski definition) is 0. The first kappa shape index (κ1) is 8.91. The van der Waals surface area contributed by atoms with E-state index in [2.05, 4.69) is 16.8 Å². The van der Waals surface area contributed by atoms with Crippen molar-refractivity contribution in [2.24, 2.45) is 4.36 Å². The van der Waals surface area contributed by atoms with Gasteiger partial charge in [-0.3, -0.25) is 0 Å². The monoisotopic (exact) mass is 205 g/mol. The van der Waals surface area contributed by atoms with E-state index < -0.39 is 0 Å². The first-order chi connectivity index (χ1) is 5.15. The average Bonchev–Trinajstić information content (AvgIpc) is 1.99. The lowest BCUT2D eigenvalue weighted by molar-refractivity contribution is 1.45. The molecule has 0 bridgehead atoms. The molecule has 4 heteroatoms. The van der Waals surface area contributed by atoms with E-state index in [1.54, 1.807) is 12.1 Å². The summed E-state index contributed by atoms with van der Waals surface area (Å²) in [5, 5.41) is 1.20. The third-order valence-corrected chi connectivity index (χ3v) is 2.37. The van der Waals surface area contributed by atoms with Crippen LogP contribution in [-0.2, 0) is 12.4 Å². The SMILES string of the molecule is Cc1c(Cl)cc(N=S)cc1Cl. The maximum atomic E-state index is 5.81. The van der Waals surface area contributed by atoms with Gasteiger partial charge < -0.3 is 0 Å². The summed E-state index contributed by atoms with van der Waals surface area (Å²) >= 11 is 16.1. The van der Waals surface area contributed by atoms with Gasteiger partial charge in [-0.15, -0.1) is 0 Å². The third kappa shape index (κ3) is 1.89. The summed E-state index contributed by atoms with van der Waals surface area (Å²) in [4.78, 5) is 0. The third-order valence-electron chi connectivity index (χ3n) is 1.37. The normalized spacial score (nSPS) is 9.73. The summed E-state index contributed by atoms with van der Waals surface area (Å²) in [7, 11) is 0. The van der Waals surface area contributed by atoms with E-state index in [9.17, 15) is 0 Å².